The summed E-state index contributed by atoms with van der Waals surface area (Å²) >= 11 is 0. The van der Waals surface area contributed by atoms with Gasteiger partial charge in [-0.15, -0.1) is 0 Å². The summed E-state index contributed by atoms with van der Waals surface area (Å²) in [5, 5.41) is 6.51. The van der Waals surface area contributed by atoms with E-state index in [0.717, 1.165) is 5.76 Å². The third-order valence-electron chi connectivity index (χ3n) is 1.23. The first-order valence-electron chi connectivity index (χ1n) is 3.73. The fourth-order valence-electron chi connectivity index (χ4n) is 0.659. The molecule has 1 rings (SSSR count). The Morgan fingerprint density at radius 3 is 3.08 bits per heavy atom. The predicted octanol–water partition coefficient (Wildman–Crippen LogP) is 0.214. The van der Waals surface area contributed by atoms with Gasteiger partial charge in [0.2, 0.25) is 0 Å². The van der Waals surface area contributed by atoms with Crippen LogP contribution in [0.4, 0.5) is 0 Å². The number of nitrogens with two attached hydrogens (primary N) is 1. The molecule has 1 heterocycles. The highest BCUT2D eigenvalue weighted by Gasteiger charge is 1.99. The molecule has 0 saturated carbocycles. The molecule has 0 aliphatic carbocycles. The zero-order valence-electron chi connectivity index (χ0n) is 7.20. The minimum Gasteiger partial charge on any atom is -0.460 e. The van der Waals surface area contributed by atoms with Crippen molar-refractivity contribution in [2.45, 2.75) is 20.0 Å². The number of rotatable bonds is 4. The number of nitrogens with zero attached hydrogens (tertiary/aromatic N) is 1. The standard InChI is InChI=1S/C7H13N3O2/c1-5-3-7(10-12-5)11-4-9-6(2)8/h3,6,9H,4,8H2,1-2H3. The van der Waals surface area contributed by atoms with Crippen LogP contribution >= 0.6 is 0 Å². The second kappa shape index (κ2) is 4.08. The van der Waals surface area contributed by atoms with Gasteiger partial charge in [-0.2, -0.15) is 0 Å². The van der Waals surface area contributed by atoms with E-state index in [9.17, 15) is 0 Å². The molecule has 0 aliphatic heterocycles. The monoisotopic (exact) mass is 171 g/mol. The minimum atomic E-state index is -0.0852. The van der Waals surface area contributed by atoms with E-state index in [2.05, 4.69) is 10.5 Å². The first-order valence-corrected chi connectivity index (χ1v) is 3.73. The Morgan fingerprint density at radius 2 is 2.58 bits per heavy atom. The van der Waals surface area contributed by atoms with Crippen LogP contribution < -0.4 is 15.8 Å². The van der Waals surface area contributed by atoms with Crippen LogP contribution in [0.1, 0.15) is 12.7 Å². The smallest absolute Gasteiger partial charge is 0.255 e. The van der Waals surface area contributed by atoms with E-state index in [1.165, 1.54) is 0 Å². The molecule has 3 N–H and O–H groups in total. The van der Waals surface area contributed by atoms with Crippen LogP contribution in [0.5, 0.6) is 5.88 Å². The summed E-state index contributed by atoms with van der Waals surface area (Å²) in [7, 11) is 0. The first-order chi connectivity index (χ1) is 5.68. The molecule has 1 atom stereocenters. The van der Waals surface area contributed by atoms with Crippen LogP contribution in [0.2, 0.25) is 0 Å². The lowest BCUT2D eigenvalue weighted by Crippen LogP contribution is -2.36. The SMILES string of the molecule is Cc1cc(OCNC(C)N)no1. The number of aryl methyl sites for hydroxylation is 1. The highest BCUT2D eigenvalue weighted by molar-refractivity contribution is 5.08. The molecule has 0 aromatic carbocycles. The number of nitrogens with one attached hydrogen (secondary N) is 1. The van der Waals surface area contributed by atoms with Gasteiger partial charge < -0.3 is 15.0 Å². The number of hydrogen-bond acceptors (Lipinski definition) is 5. The molecule has 68 valence electrons. The number of ether oxygens (including phenoxy) is 1. The van der Waals surface area contributed by atoms with Crippen molar-refractivity contribution in [2.24, 2.45) is 5.73 Å². The molecule has 0 bridgehead atoms. The minimum absolute atomic E-state index is 0.0852. The largest absolute Gasteiger partial charge is 0.460 e. The molecule has 5 nitrogen and oxygen atoms in total. The van der Waals surface area contributed by atoms with Gasteiger partial charge in [0.15, 0.2) is 0 Å². The quantitative estimate of drug-likeness (QED) is 0.634. The summed E-state index contributed by atoms with van der Waals surface area (Å²) in [6.07, 6.45) is -0.0852. The molecule has 0 amide bonds. The molecule has 0 radical (unpaired) electrons. The van der Waals surface area contributed by atoms with E-state index >= 15 is 0 Å². The van der Waals surface area contributed by atoms with Gasteiger partial charge in [-0.25, -0.2) is 0 Å². The van der Waals surface area contributed by atoms with Crippen molar-refractivity contribution < 1.29 is 9.26 Å². The second-order valence-electron chi connectivity index (χ2n) is 2.56. The molecule has 1 aromatic rings. The van der Waals surface area contributed by atoms with E-state index in [1.807, 2.05) is 6.92 Å². The van der Waals surface area contributed by atoms with Gasteiger partial charge in [-0.05, 0) is 19.0 Å². The molecule has 0 saturated heterocycles. The lowest BCUT2D eigenvalue weighted by atomic mass is 10.5. The summed E-state index contributed by atoms with van der Waals surface area (Å²) in [4.78, 5) is 0. The highest BCUT2D eigenvalue weighted by atomic mass is 16.5. The normalized spacial score (nSPS) is 12.9. The molecular weight excluding hydrogens is 158 g/mol. The van der Waals surface area contributed by atoms with Crippen molar-refractivity contribution in [2.75, 3.05) is 6.73 Å². The fourth-order valence-corrected chi connectivity index (χ4v) is 0.659. The van der Waals surface area contributed by atoms with Crippen molar-refractivity contribution >= 4 is 0 Å². The van der Waals surface area contributed by atoms with Crippen molar-refractivity contribution in [1.29, 1.82) is 0 Å². The molecule has 1 unspecified atom stereocenters. The van der Waals surface area contributed by atoms with E-state index in [4.69, 9.17) is 15.0 Å². The van der Waals surface area contributed by atoms with E-state index in [0.29, 0.717) is 12.6 Å². The molecule has 0 spiro atoms. The van der Waals surface area contributed by atoms with Gasteiger partial charge in [-0.1, -0.05) is 0 Å². The molecule has 12 heavy (non-hydrogen) atoms. The van der Waals surface area contributed by atoms with Gasteiger partial charge in [0.25, 0.3) is 5.88 Å². The lowest BCUT2D eigenvalue weighted by molar-refractivity contribution is 0.241. The highest BCUT2D eigenvalue weighted by Crippen LogP contribution is 2.08. The van der Waals surface area contributed by atoms with Crippen molar-refractivity contribution in [1.82, 2.24) is 10.5 Å². The molecular formula is C7H13N3O2. The molecule has 5 heteroatoms. The summed E-state index contributed by atoms with van der Waals surface area (Å²) in [6.45, 7) is 3.97. The number of hydrogen-bond donors (Lipinski definition) is 2. The van der Waals surface area contributed by atoms with E-state index < -0.39 is 0 Å². The summed E-state index contributed by atoms with van der Waals surface area (Å²) < 4.78 is 9.93. The zero-order valence-corrected chi connectivity index (χ0v) is 7.20. The van der Waals surface area contributed by atoms with Gasteiger partial charge in [0, 0.05) is 6.07 Å². The van der Waals surface area contributed by atoms with Gasteiger partial charge in [-0.3, -0.25) is 5.32 Å². The van der Waals surface area contributed by atoms with Gasteiger partial charge in [0.1, 0.15) is 12.5 Å². The predicted molar refractivity (Wildman–Crippen MR) is 43.5 cm³/mol. The van der Waals surface area contributed by atoms with Crippen LogP contribution in [0.15, 0.2) is 10.6 Å². The van der Waals surface area contributed by atoms with Crippen LogP contribution in [-0.2, 0) is 0 Å². The zero-order chi connectivity index (χ0) is 8.97. The maximum Gasteiger partial charge on any atom is 0.255 e. The van der Waals surface area contributed by atoms with Gasteiger partial charge in [0.05, 0.1) is 6.17 Å². The topological polar surface area (TPSA) is 73.3 Å². The summed E-state index contributed by atoms with van der Waals surface area (Å²) in [5.41, 5.74) is 5.43. The third kappa shape index (κ3) is 2.89. The third-order valence-corrected chi connectivity index (χ3v) is 1.23. The van der Waals surface area contributed by atoms with Crippen molar-refractivity contribution in [3.8, 4) is 5.88 Å². The van der Waals surface area contributed by atoms with Crippen LogP contribution in [-0.4, -0.2) is 18.1 Å². The Bertz CT molecular complexity index is 234. The first kappa shape index (κ1) is 9.02. The van der Waals surface area contributed by atoms with Crippen LogP contribution in [0, 0.1) is 6.92 Å². The van der Waals surface area contributed by atoms with Crippen molar-refractivity contribution in [3.63, 3.8) is 0 Å². The average molecular weight is 171 g/mol. The Balaban J connectivity index is 2.24. The lowest BCUT2D eigenvalue weighted by Gasteiger charge is -2.06. The van der Waals surface area contributed by atoms with Crippen molar-refractivity contribution in [3.05, 3.63) is 11.8 Å². The van der Waals surface area contributed by atoms with E-state index in [-0.39, 0.29) is 6.17 Å². The number of aromatic nitrogens is 1. The van der Waals surface area contributed by atoms with Crippen LogP contribution in [0.3, 0.4) is 0 Å². The maximum atomic E-state index is 5.43. The average Bonchev–Trinajstić information content (AvgIpc) is 2.35. The Labute approximate surface area is 70.9 Å². The Hall–Kier alpha value is -1.07. The van der Waals surface area contributed by atoms with Crippen LogP contribution in [0.25, 0.3) is 0 Å². The molecule has 0 fully saturated rings. The summed E-state index contributed by atoms with van der Waals surface area (Å²) in [6, 6.07) is 1.71. The Kier molecular flexibility index (Phi) is 3.07. The fraction of sp³-hybridized carbons (Fsp3) is 0.571. The second-order valence-corrected chi connectivity index (χ2v) is 2.56. The van der Waals surface area contributed by atoms with E-state index in [1.54, 1.807) is 13.0 Å². The molecule has 1 aromatic heterocycles. The molecule has 0 aliphatic rings. The van der Waals surface area contributed by atoms with Gasteiger partial charge >= 0.3 is 0 Å². The maximum absolute atomic E-state index is 5.43. The Morgan fingerprint density at radius 1 is 1.83 bits per heavy atom. The summed E-state index contributed by atoms with van der Waals surface area (Å²) in [5.74, 6) is 1.20.